The number of aliphatic hydroxyl groups excluding tert-OH is 1. The van der Waals surface area contributed by atoms with E-state index in [2.05, 4.69) is 23.9 Å². The lowest BCUT2D eigenvalue weighted by Crippen LogP contribution is -1.86. The third-order valence-corrected chi connectivity index (χ3v) is 3.70. The molecule has 0 spiro atoms. The molecule has 8 heteroatoms. The van der Waals surface area contributed by atoms with Crippen LogP contribution in [0.25, 0.3) is 22.4 Å². The molecule has 0 saturated carbocycles. The van der Waals surface area contributed by atoms with Crippen molar-refractivity contribution in [3.05, 3.63) is 18.2 Å². The number of fused-ring (bicyclic) bond motifs is 1. The van der Waals surface area contributed by atoms with Gasteiger partial charge in [0.05, 0.1) is 18.3 Å². The molecule has 18 heavy (non-hydrogen) atoms. The molecule has 0 fully saturated rings. The highest BCUT2D eigenvalue weighted by Gasteiger charge is 2.07. The van der Waals surface area contributed by atoms with Gasteiger partial charge in [0.15, 0.2) is 5.82 Å². The lowest BCUT2D eigenvalue weighted by Gasteiger charge is -1.94. The van der Waals surface area contributed by atoms with Crippen molar-refractivity contribution in [2.24, 2.45) is 0 Å². The molecular formula is C10H9N5OS2. The molecule has 2 N–H and O–H groups in total. The Labute approximate surface area is 111 Å². The van der Waals surface area contributed by atoms with Crippen LogP contribution in [0, 0.1) is 0 Å². The zero-order valence-electron chi connectivity index (χ0n) is 9.20. The van der Waals surface area contributed by atoms with Crippen molar-refractivity contribution in [1.29, 1.82) is 0 Å². The van der Waals surface area contributed by atoms with E-state index in [1.54, 1.807) is 0 Å². The first-order chi connectivity index (χ1) is 8.86. The number of hydrogen-bond acceptors (Lipinski definition) is 7. The van der Waals surface area contributed by atoms with E-state index in [1.165, 1.54) is 23.5 Å². The Morgan fingerprint density at radius 3 is 3.06 bits per heavy atom. The smallest absolute Gasteiger partial charge is 0.208 e. The van der Waals surface area contributed by atoms with Gasteiger partial charge in [-0.15, -0.1) is 5.10 Å². The fourth-order valence-corrected chi connectivity index (χ4v) is 2.56. The maximum Gasteiger partial charge on any atom is 0.208 e. The van der Waals surface area contributed by atoms with Gasteiger partial charge in [-0.3, -0.25) is 5.10 Å². The van der Waals surface area contributed by atoms with Gasteiger partial charge >= 0.3 is 0 Å². The average molecular weight is 279 g/mol. The second kappa shape index (κ2) is 5.01. The molecule has 3 rings (SSSR count). The van der Waals surface area contributed by atoms with Crippen molar-refractivity contribution in [2.45, 2.75) is 5.16 Å². The molecule has 0 atom stereocenters. The molecule has 0 radical (unpaired) electrons. The Morgan fingerprint density at radius 1 is 1.28 bits per heavy atom. The minimum absolute atomic E-state index is 0.116. The van der Waals surface area contributed by atoms with Gasteiger partial charge in [0.1, 0.15) is 11.0 Å². The van der Waals surface area contributed by atoms with Crippen molar-refractivity contribution >= 4 is 34.5 Å². The first-order valence-corrected chi connectivity index (χ1v) is 6.97. The number of rotatable bonds is 4. The van der Waals surface area contributed by atoms with E-state index in [9.17, 15) is 0 Å². The predicted octanol–water partition coefficient (Wildman–Crippen LogP) is 1.56. The topological polar surface area (TPSA) is 87.6 Å². The highest BCUT2D eigenvalue weighted by Crippen LogP contribution is 2.22. The first-order valence-electron chi connectivity index (χ1n) is 5.25. The third kappa shape index (κ3) is 2.22. The van der Waals surface area contributed by atoms with Crippen molar-refractivity contribution in [3.63, 3.8) is 0 Å². The van der Waals surface area contributed by atoms with Crippen molar-refractivity contribution in [2.75, 3.05) is 12.4 Å². The van der Waals surface area contributed by atoms with Crippen LogP contribution < -0.4 is 0 Å². The van der Waals surface area contributed by atoms with E-state index in [0.717, 1.165) is 16.6 Å². The lowest BCUT2D eigenvalue weighted by atomic mass is 10.2. The fraction of sp³-hybridized carbons (Fsp3) is 0.200. The molecule has 2 aromatic heterocycles. The maximum absolute atomic E-state index is 8.75. The quantitative estimate of drug-likeness (QED) is 0.705. The van der Waals surface area contributed by atoms with Crippen molar-refractivity contribution < 1.29 is 5.11 Å². The third-order valence-electron chi connectivity index (χ3n) is 2.31. The van der Waals surface area contributed by atoms with Crippen LogP contribution in [0.2, 0.25) is 0 Å². The van der Waals surface area contributed by atoms with Crippen LogP contribution in [0.15, 0.2) is 23.4 Å². The molecule has 0 unspecified atom stereocenters. The van der Waals surface area contributed by atoms with Gasteiger partial charge in [0.25, 0.3) is 0 Å². The second-order valence-electron chi connectivity index (χ2n) is 3.51. The number of nitrogens with zero attached hydrogens (tertiary/aromatic N) is 4. The number of aromatic nitrogens is 5. The molecule has 0 aliphatic rings. The van der Waals surface area contributed by atoms with E-state index in [1.807, 2.05) is 18.2 Å². The van der Waals surface area contributed by atoms with Crippen LogP contribution in [0.5, 0.6) is 0 Å². The Kier molecular flexibility index (Phi) is 3.22. The van der Waals surface area contributed by atoms with Gasteiger partial charge in [-0.1, -0.05) is 11.8 Å². The Bertz CT molecular complexity index is 665. The van der Waals surface area contributed by atoms with E-state index in [-0.39, 0.29) is 6.61 Å². The first kappa shape index (κ1) is 11.6. The molecule has 2 heterocycles. The molecule has 0 saturated heterocycles. The normalized spacial score (nSPS) is 11.2. The Hall–Kier alpha value is -1.51. The molecule has 3 aromatic rings. The predicted molar refractivity (Wildman–Crippen MR) is 70.6 cm³/mol. The Morgan fingerprint density at radius 2 is 2.17 bits per heavy atom. The van der Waals surface area contributed by atoms with E-state index in [4.69, 9.17) is 5.11 Å². The molecule has 0 amide bonds. The largest absolute Gasteiger partial charge is 0.396 e. The maximum atomic E-state index is 8.75. The van der Waals surface area contributed by atoms with Gasteiger partial charge in [-0.05, 0) is 18.2 Å². The Balaban J connectivity index is 1.90. The lowest BCUT2D eigenvalue weighted by molar-refractivity contribution is 0.322. The highest BCUT2D eigenvalue weighted by atomic mass is 32.2. The molecule has 6 nitrogen and oxygen atoms in total. The molecule has 0 aliphatic carbocycles. The van der Waals surface area contributed by atoms with Gasteiger partial charge in [-0.25, -0.2) is 4.98 Å². The van der Waals surface area contributed by atoms with E-state index in [0.29, 0.717) is 16.7 Å². The van der Waals surface area contributed by atoms with Crippen LogP contribution in [0.3, 0.4) is 0 Å². The van der Waals surface area contributed by atoms with Crippen molar-refractivity contribution in [1.82, 2.24) is 23.9 Å². The summed E-state index contributed by atoms with van der Waals surface area (Å²) in [5.74, 6) is 1.29. The summed E-state index contributed by atoms with van der Waals surface area (Å²) in [5, 5.41) is 16.3. The number of hydrogen-bond donors (Lipinski definition) is 2. The van der Waals surface area contributed by atoms with Crippen LogP contribution in [0.4, 0.5) is 0 Å². The summed E-state index contributed by atoms with van der Waals surface area (Å²) in [5.41, 5.74) is 2.68. The molecule has 0 bridgehead atoms. The standard InChI is InChI=1S/C10H9N5OS2/c16-3-4-17-10-11-9(12-13-10)6-1-2-7-8(5-6)15-18-14-7/h1-2,5,16H,3-4H2,(H,11,12,13). The monoisotopic (exact) mass is 279 g/mol. The molecule has 1 aromatic carbocycles. The van der Waals surface area contributed by atoms with E-state index < -0.39 is 0 Å². The summed E-state index contributed by atoms with van der Waals surface area (Å²) in [7, 11) is 0. The summed E-state index contributed by atoms with van der Waals surface area (Å²) in [6.07, 6.45) is 0. The zero-order valence-corrected chi connectivity index (χ0v) is 10.8. The fourth-order valence-electron chi connectivity index (χ4n) is 1.51. The number of aromatic amines is 1. The molecule has 0 aliphatic heterocycles. The average Bonchev–Trinajstić information content (AvgIpc) is 3.04. The summed E-state index contributed by atoms with van der Waals surface area (Å²) in [4.78, 5) is 4.35. The van der Waals surface area contributed by atoms with Gasteiger partial charge < -0.3 is 5.11 Å². The number of thioether (sulfide) groups is 1. The second-order valence-corrected chi connectivity index (χ2v) is 5.10. The summed E-state index contributed by atoms with van der Waals surface area (Å²) in [6, 6.07) is 5.78. The SMILES string of the molecule is OCCSc1n[nH]c(-c2ccc3nsnc3c2)n1. The minimum atomic E-state index is 0.116. The number of nitrogens with one attached hydrogen (secondary N) is 1. The number of benzene rings is 1. The summed E-state index contributed by atoms with van der Waals surface area (Å²) >= 11 is 2.61. The zero-order chi connectivity index (χ0) is 12.4. The van der Waals surface area contributed by atoms with Gasteiger partial charge in [-0.2, -0.15) is 8.75 Å². The molecular weight excluding hydrogens is 270 g/mol. The number of H-pyrrole nitrogens is 1. The number of aliphatic hydroxyl groups is 1. The minimum Gasteiger partial charge on any atom is -0.396 e. The van der Waals surface area contributed by atoms with Crippen LogP contribution in [-0.2, 0) is 0 Å². The summed E-state index contributed by atoms with van der Waals surface area (Å²) in [6.45, 7) is 0.116. The van der Waals surface area contributed by atoms with Crippen LogP contribution >= 0.6 is 23.5 Å². The van der Waals surface area contributed by atoms with E-state index >= 15 is 0 Å². The van der Waals surface area contributed by atoms with Crippen LogP contribution in [-0.4, -0.2) is 41.4 Å². The van der Waals surface area contributed by atoms with Gasteiger partial charge in [0.2, 0.25) is 5.16 Å². The van der Waals surface area contributed by atoms with Gasteiger partial charge in [0, 0.05) is 11.3 Å². The van der Waals surface area contributed by atoms with Crippen molar-refractivity contribution in [3.8, 4) is 11.4 Å². The van der Waals surface area contributed by atoms with Crippen LogP contribution in [0.1, 0.15) is 0 Å². The summed E-state index contributed by atoms with van der Waals surface area (Å²) < 4.78 is 8.34. The molecule has 92 valence electrons. The highest BCUT2D eigenvalue weighted by molar-refractivity contribution is 7.99.